The summed E-state index contributed by atoms with van der Waals surface area (Å²) in [7, 11) is 0. The smallest absolute Gasteiger partial charge is 0.160 e. The molecule has 0 unspecified atom stereocenters. The predicted octanol–water partition coefficient (Wildman–Crippen LogP) is 4.35. The molecule has 1 N–H and O–H groups in total. The van der Waals surface area contributed by atoms with E-state index in [1.54, 1.807) is 0 Å². The number of rotatable bonds is 5. The third-order valence-electron chi connectivity index (χ3n) is 3.53. The van der Waals surface area contributed by atoms with Crippen LogP contribution in [0.5, 0.6) is 5.75 Å². The third kappa shape index (κ3) is 2.87. The van der Waals surface area contributed by atoms with Gasteiger partial charge in [-0.25, -0.2) is 4.68 Å². The summed E-state index contributed by atoms with van der Waals surface area (Å²) >= 11 is 0. The number of aromatic nitrogens is 2. The summed E-state index contributed by atoms with van der Waals surface area (Å²) in [5, 5.41) is 15.1. The number of benzene rings is 1. The van der Waals surface area contributed by atoms with Crippen LogP contribution in [0, 0.1) is 6.92 Å². The molecule has 20 heavy (non-hydrogen) atoms. The zero-order chi connectivity index (χ0) is 14.7. The van der Waals surface area contributed by atoms with Gasteiger partial charge in [0.1, 0.15) is 5.69 Å². The van der Waals surface area contributed by atoms with Crippen molar-refractivity contribution in [2.45, 2.75) is 52.9 Å². The van der Waals surface area contributed by atoms with Crippen molar-refractivity contribution in [1.82, 2.24) is 9.78 Å². The summed E-state index contributed by atoms with van der Waals surface area (Å²) in [5.41, 5.74) is 3.94. The Bertz CT molecular complexity index is 585. The molecule has 0 fully saturated rings. The van der Waals surface area contributed by atoms with E-state index >= 15 is 0 Å². The van der Waals surface area contributed by atoms with E-state index in [1.807, 2.05) is 16.8 Å². The molecule has 2 aromatic rings. The minimum absolute atomic E-state index is 0.235. The highest BCUT2D eigenvalue weighted by molar-refractivity contribution is 5.43. The van der Waals surface area contributed by atoms with E-state index < -0.39 is 0 Å². The molecule has 0 aliphatic heterocycles. The fraction of sp³-hybridized carbons (Fsp3) is 0.471. The minimum Gasteiger partial charge on any atom is -0.504 e. The van der Waals surface area contributed by atoms with Gasteiger partial charge in [0.15, 0.2) is 5.75 Å². The van der Waals surface area contributed by atoms with Gasteiger partial charge in [-0.15, -0.1) is 0 Å². The molecule has 3 nitrogen and oxygen atoms in total. The fourth-order valence-corrected chi connectivity index (χ4v) is 2.46. The molecule has 0 aliphatic rings. The van der Waals surface area contributed by atoms with Crippen molar-refractivity contribution in [3.8, 4) is 11.4 Å². The third-order valence-corrected chi connectivity index (χ3v) is 3.53. The van der Waals surface area contributed by atoms with Crippen LogP contribution in [0.25, 0.3) is 5.69 Å². The lowest BCUT2D eigenvalue weighted by Gasteiger charge is -2.10. The second-order valence-corrected chi connectivity index (χ2v) is 5.69. The van der Waals surface area contributed by atoms with Gasteiger partial charge in [0.25, 0.3) is 0 Å². The number of hydrogen-bond acceptors (Lipinski definition) is 2. The SMILES string of the molecule is CCCCc1nn(-c2cccc(C)c2)c(C(C)C)c1O. The van der Waals surface area contributed by atoms with Gasteiger partial charge in [-0.1, -0.05) is 39.3 Å². The van der Waals surface area contributed by atoms with Crippen LogP contribution in [0.15, 0.2) is 24.3 Å². The molecule has 0 radical (unpaired) electrons. The second-order valence-electron chi connectivity index (χ2n) is 5.69. The average Bonchev–Trinajstić information content (AvgIpc) is 2.73. The summed E-state index contributed by atoms with van der Waals surface area (Å²) in [4.78, 5) is 0. The highest BCUT2D eigenvalue weighted by Crippen LogP contribution is 2.32. The van der Waals surface area contributed by atoms with Crippen LogP contribution in [0.4, 0.5) is 0 Å². The molecule has 1 heterocycles. The van der Waals surface area contributed by atoms with E-state index in [9.17, 15) is 5.11 Å². The van der Waals surface area contributed by atoms with Crippen LogP contribution in [-0.2, 0) is 6.42 Å². The van der Waals surface area contributed by atoms with E-state index in [4.69, 9.17) is 0 Å². The highest BCUT2D eigenvalue weighted by atomic mass is 16.3. The van der Waals surface area contributed by atoms with Crippen molar-refractivity contribution in [2.75, 3.05) is 0 Å². The molecule has 1 aromatic carbocycles. The first-order valence-electron chi connectivity index (χ1n) is 7.42. The van der Waals surface area contributed by atoms with Crippen LogP contribution < -0.4 is 0 Å². The molecule has 0 saturated carbocycles. The lowest BCUT2D eigenvalue weighted by molar-refractivity contribution is 0.456. The molecule has 0 bridgehead atoms. The van der Waals surface area contributed by atoms with Crippen LogP contribution >= 0.6 is 0 Å². The summed E-state index contributed by atoms with van der Waals surface area (Å²) < 4.78 is 1.90. The van der Waals surface area contributed by atoms with Gasteiger partial charge in [0, 0.05) is 0 Å². The summed E-state index contributed by atoms with van der Waals surface area (Å²) in [6.07, 6.45) is 2.99. The van der Waals surface area contributed by atoms with Gasteiger partial charge >= 0.3 is 0 Å². The molecule has 0 spiro atoms. The number of unbranched alkanes of at least 4 members (excludes halogenated alkanes) is 1. The summed E-state index contributed by atoms with van der Waals surface area (Å²) in [6, 6.07) is 8.23. The first-order chi connectivity index (χ1) is 9.54. The van der Waals surface area contributed by atoms with E-state index in [2.05, 4.69) is 44.9 Å². The van der Waals surface area contributed by atoms with Gasteiger partial charge in [-0.2, -0.15) is 5.10 Å². The number of hydrogen-bond donors (Lipinski definition) is 1. The lowest BCUT2D eigenvalue weighted by atomic mass is 10.1. The maximum atomic E-state index is 10.5. The zero-order valence-corrected chi connectivity index (χ0v) is 12.8. The largest absolute Gasteiger partial charge is 0.504 e. The standard InChI is InChI=1S/C17H24N2O/c1-5-6-10-15-17(20)16(12(2)3)19(18-15)14-9-7-8-13(4)11-14/h7-9,11-12,20H,5-6,10H2,1-4H3. The van der Waals surface area contributed by atoms with Crippen LogP contribution in [-0.4, -0.2) is 14.9 Å². The summed E-state index contributed by atoms with van der Waals surface area (Å²) in [6.45, 7) is 8.40. The van der Waals surface area contributed by atoms with E-state index in [-0.39, 0.29) is 5.92 Å². The quantitative estimate of drug-likeness (QED) is 0.878. The second kappa shape index (κ2) is 6.12. The zero-order valence-electron chi connectivity index (χ0n) is 12.8. The average molecular weight is 272 g/mol. The number of aromatic hydroxyl groups is 1. The molecular weight excluding hydrogens is 248 g/mol. The minimum atomic E-state index is 0.235. The predicted molar refractivity (Wildman–Crippen MR) is 82.7 cm³/mol. The molecule has 108 valence electrons. The van der Waals surface area contributed by atoms with Crippen LogP contribution in [0.1, 0.15) is 56.5 Å². The Morgan fingerprint density at radius 2 is 2.05 bits per heavy atom. The first-order valence-corrected chi connectivity index (χ1v) is 7.42. The molecule has 0 aliphatic carbocycles. The van der Waals surface area contributed by atoms with Gasteiger partial charge < -0.3 is 5.11 Å². The Morgan fingerprint density at radius 3 is 2.65 bits per heavy atom. The fourth-order valence-electron chi connectivity index (χ4n) is 2.46. The van der Waals surface area contributed by atoms with Gasteiger partial charge in [-0.05, 0) is 43.4 Å². The number of nitrogens with zero attached hydrogens (tertiary/aromatic N) is 2. The molecule has 0 amide bonds. The highest BCUT2D eigenvalue weighted by Gasteiger charge is 2.20. The van der Waals surface area contributed by atoms with E-state index in [0.29, 0.717) is 5.75 Å². The van der Waals surface area contributed by atoms with Crippen molar-refractivity contribution in [3.63, 3.8) is 0 Å². The normalized spacial score (nSPS) is 11.2. The Labute approximate surface area is 121 Å². The van der Waals surface area contributed by atoms with E-state index in [0.717, 1.165) is 36.3 Å². The topological polar surface area (TPSA) is 38.0 Å². The monoisotopic (exact) mass is 272 g/mol. The van der Waals surface area contributed by atoms with Crippen molar-refractivity contribution in [1.29, 1.82) is 0 Å². The van der Waals surface area contributed by atoms with Crippen LogP contribution in [0.3, 0.4) is 0 Å². The molecule has 0 atom stereocenters. The van der Waals surface area contributed by atoms with Crippen molar-refractivity contribution in [2.24, 2.45) is 0 Å². The Kier molecular flexibility index (Phi) is 4.48. The van der Waals surface area contributed by atoms with Crippen LogP contribution in [0.2, 0.25) is 0 Å². The lowest BCUT2D eigenvalue weighted by Crippen LogP contribution is -2.04. The maximum absolute atomic E-state index is 10.5. The van der Waals surface area contributed by atoms with Gasteiger partial charge in [0.2, 0.25) is 0 Å². The molecule has 1 aromatic heterocycles. The van der Waals surface area contributed by atoms with Crippen molar-refractivity contribution in [3.05, 3.63) is 41.2 Å². The van der Waals surface area contributed by atoms with Crippen molar-refractivity contribution < 1.29 is 5.11 Å². The molecule has 0 saturated heterocycles. The Morgan fingerprint density at radius 1 is 1.30 bits per heavy atom. The van der Waals surface area contributed by atoms with Gasteiger partial charge in [-0.3, -0.25) is 0 Å². The molecule has 2 rings (SSSR count). The molecule has 3 heteroatoms. The maximum Gasteiger partial charge on any atom is 0.160 e. The first kappa shape index (κ1) is 14.6. The Balaban J connectivity index is 2.51. The van der Waals surface area contributed by atoms with E-state index in [1.165, 1.54) is 5.56 Å². The van der Waals surface area contributed by atoms with Crippen molar-refractivity contribution >= 4 is 0 Å². The summed E-state index contributed by atoms with van der Waals surface area (Å²) in [5.74, 6) is 0.605. The molecular formula is C17H24N2O. The van der Waals surface area contributed by atoms with Gasteiger partial charge in [0.05, 0.1) is 11.4 Å². The number of aryl methyl sites for hydroxylation is 2. The Hall–Kier alpha value is -1.77.